The van der Waals surface area contributed by atoms with Gasteiger partial charge in [-0.15, -0.1) is 0 Å². The summed E-state index contributed by atoms with van der Waals surface area (Å²) >= 11 is 0. The third kappa shape index (κ3) is 0.882. The van der Waals surface area contributed by atoms with Gasteiger partial charge in [0, 0.05) is 12.3 Å². The lowest BCUT2D eigenvalue weighted by Crippen LogP contribution is -2.18. The van der Waals surface area contributed by atoms with Crippen LogP contribution in [0.5, 0.6) is 0 Å². The highest BCUT2D eigenvalue weighted by Gasteiger charge is 2.35. The number of fused-ring (bicyclic) bond motifs is 1. The van der Waals surface area contributed by atoms with Gasteiger partial charge >= 0.3 is 0 Å². The maximum Gasteiger partial charge on any atom is 0.136 e. The first-order chi connectivity index (χ1) is 4.88. The number of carbonyl (C=O) groups excluding carboxylic acids is 1. The SMILES string of the molecule is O=C1CC[C@@H]2CCCC[C@@H]12. The average Bonchev–Trinajstić information content (AvgIpc) is 2.34. The Labute approximate surface area is 61.8 Å². The lowest BCUT2D eigenvalue weighted by Gasteiger charge is -2.22. The molecule has 0 radical (unpaired) electrons. The smallest absolute Gasteiger partial charge is 0.136 e. The molecule has 0 saturated heterocycles. The lowest BCUT2D eigenvalue weighted by atomic mass is 9.81. The molecule has 56 valence electrons. The zero-order chi connectivity index (χ0) is 6.97. The van der Waals surface area contributed by atoms with E-state index in [-0.39, 0.29) is 0 Å². The predicted octanol–water partition coefficient (Wildman–Crippen LogP) is 2.16. The third-order valence-electron chi connectivity index (χ3n) is 3.08. The molecule has 2 fully saturated rings. The minimum Gasteiger partial charge on any atom is -0.299 e. The van der Waals surface area contributed by atoms with Crippen molar-refractivity contribution in [1.29, 1.82) is 0 Å². The van der Waals surface area contributed by atoms with Crippen LogP contribution >= 0.6 is 0 Å². The number of ketones is 1. The van der Waals surface area contributed by atoms with E-state index in [9.17, 15) is 4.79 Å². The fourth-order valence-corrected chi connectivity index (χ4v) is 2.49. The number of hydrogen-bond donors (Lipinski definition) is 0. The highest BCUT2D eigenvalue weighted by molar-refractivity contribution is 5.83. The molecule has 2 atom stereocenters. The summed E-state index contributed by atoms with van der Waals surface area (Å²) in [5, 5.41) is 0. The normalized spacial score (nSPS) is 39.8. The topological polar surface area (TPSA) is 17.1 Å². The first-order valence-electron chi connectivity index (χ1n) is 4.40. The van der Waals surface area contributed by atoms with Gasteiger partial charge in [0.1, 0.15) is 5.78 Å². The Morgan fingerprint density at radius 1 is 1.10 bits per heavy atom. The summed E-state index contributed by atoms with van der Waals surface area (Å²) < 4.78 is 0. The van der Waals surface area contributed by atoms with Gasteiger partial charge in [0.2, 0.25) is 0 Å². The molecule has 2 rings (SSSR count). The van der Waals surface area contributed by atoms with Crippen LogP contribution in [0, 0.1) is 11.8 Å². The van der Waals surface area contributed by atoms with E-state index in [0.29, 0.717) is 11.7 Å². The first-order valence-corrected chi connectivity index (χ1v) is 4.40. The standard InChI is InChI=1S/C9H14O/c10-9-6-5-7-3-1-2-4-8(7)9/h7-8H,1-6H2/t7-,8+/m0/s1. The van der Waals surface area contributed by atoms with Crippen LogP contribution in [0.4, 0.5) is 0 Å². The Balaban J connectivity index is 2.08. The fraction of sp³-hybridized carbons (Fsp3) is 0.889. The Kier molecular flexibility index (Phi) is 1.51. The number of rotatable bonds is 0. The van der Waals surface area contributed by atoms with Crippen LogP contribution in [-0.4, -0.2) is 5.78 Å². The summed E-state index contributed by atoms with van der Waals surface area (Å²) in [5.41, 5.74) is 0. The van der Waals surface area contributed by atoms with Crippen molar-refractivity contribution in [3.63, 3.8) is 0 Å². The second-order valence-electron chi connectivity index (χ2n) is 3.66. The molecule has 2 aliphatic carbocycles. The summed E-state index contributed by atoms with van der Waals surface area (Å²) in [6.45, 7) is 0. The van der Waals surface area contributed by atoms with E-state index in [4.69, 9.17) is 0 Å². The van der Waals surface area contributed by atoms with E-state index >= 15 is 0 Å². The fourth-order valence-electron chi connectivity index (χ4n) is 2.49. The molecule has 0 amide bonds. The van der Waals surface area contributed by atoms with Crippen molar-refractivity contribution >= 4 is 5.78 Å². The van der Waals surface area contributed by atoms with Gasteiger partial charge in [0.05, 0.1) is 0 Å². The van der Waals surface area contributed by atoms with Gasteiger partial charge in [-0.2, -0.15) is 0 Å². The molecule has 10 heavy (non-hydrogen) atoms. The van der Waals surface area contributed by atoms with E-state index in [1.54, 1.807) is 0 Å². The molecular formula is C9H14O. The van der Waals surface area contributed by atoms with Crippen molar-refractivity contribution in [2.45, 2.75) is 38.5 Å². The molecular weight excluding hydrogens is 124 g/mol. The zero-order valence-electron chi connectivity index (χ0n) is 6.31. The van der Waals surface area contributed by atoms with Crippen molar-refractivity contribution < 1.29 is 4.79 Å². The van der Waals surface area contributed by atoms with E-state index in [0.717, 1.165) is 12.3 Å². The largest absolute Gasteiger partial charge is 0.299 e. The van der Waals surface area contributed by atoms with Crippen LogP contribution in [0.3, 0.4) is 0 Å². The van der Waals surface area contributed by atoms with Crippen LogP contribution in [0.15, 0.2) is 0 Å². The Morgan fingerprint density at radius 2 is 1.90 bits per heavy atom. The molecule has 0 bridgehead atoms. The molecule has 0 unspecified atom stereocenters. The van der Waals surface area contributed by atoms with Crippen molar-refractivity contribution in [3.05, 3.63) is 0 Å². The number of hydrogen-bond acceptors (Lipinski definition) is 1. The third-order valence-corrected chi connectivity index (χ3v) is 3.08. The molecule has 0 aromatic heterocycles. The van der Waals surface area contributed by atoms with Crippen LogP contribution in [0.25, 0.3) is 0 Å². The van der Waals surface area contributed by atoms with Crippen molar-refractivity contribution in [1.82, 2.24) is 0 Å². The van der Waals surface area contributed by atoms with Gasteiger partial charge in [0.25, 0.3) is 0 Å². The monoisotopic (exact) mass is 138 g/mol. The Bertz CT molecular complexity index is 151. The Morgan fingerprint density at radius 3 is 2.70 bits per heavy atom. The Hall–Kier alpha value is -0.330. The van der Waals surface area contributed by atoms with Crippen LogP contribution in [0.1, 0.15) is 38.5 Å². The first kappa shape index (κ1) is 6.38. The minimum absolute atomic E-state index is 0.494. The van der Waals surface area contributed by atoms with Gasteiger partial charge in [0.15, 0.2) is 0 Å². The summed E-state index contributed by atoms with van der Waals surface area (Å²) in [6, 6.07) is 0. The highest BCUT2D eigenvalue weighted by Crippen LogP contribution is 2.39. The second kappa shape index (κ2) is 2.37. The summed E-state index contributed by atoms with van der Waals surface area (Å²) in [4.78, 5) is 11.2. The summed E-state index contributed by atoms with van der Waals surface area (Å²) in [7, 11) is 0. The molecule has 0 heterocycles. The van der Waals surface area contributed by atoms with Gasteiger partial charge < -0.3 is 0 Å². The van der Waals surface area contributed by atoms with Gasteiger partial charge in [-0.1, -0.05) is 12.8 Å². The molecule has 0 spiro atoms. The molecule has 1 heteroatoms. The molecule has 0 aliphatic heterocycles. The van der Waals surface area contributed by atoms with Gasteiger partial charge in [-0.05, 0) is 25.2 Å². The van der Waals surface area contributed by atoms with Gasteiger partial charge in [-0.3, -0.25) is 4.79 Å². The van der Waals surface area contributed by atoms with E-state index in [1.807, 2.05) is 0 Å². The number of Topliss-reactive ketones (excluding diaryl/α,β-unsaturated/α-hetero) is 1. The molecule has 2 saturated carbocycles. The average molecular weight is 138 g/mol. The van der Waals surface area contributed by atoms with Crippen LogP contribution < -0.4 is 0 Å². The summed E-state index contributed by atoms with van der Waals surface area (Å²) in [6.07, 6.45) is 7.28. The molecule has 2 aliphatic rings. The molecule has 0 aromatic carbocycles. The minimum atomic E-state index is 0.494. The van der Waals surface area contributed by atoms with Crippen LogP contribution in [-0.2, 0) is 4.79 Å². The highest BCUT2D eigenvalue weighted by atomic mass is 16.1. The maximum atomic E-state index is 11.2. The maximum absolute atomic E-state index is 11.2. The molecule has 0 N–H and O–H groups in total. The quantitative estimate of drug-likeness (QED) is 0.501. The van der Waals surface area contributed by atoms with Crippen molar-refractivity contribution in [2.24, 2.45) is 11.8 Å². The van der Waals surface area contributed by atoms with Crippen molar-refractivity contribution in [2.75, 3.05) is 0 Å². The van der Waals surface area contributed by atoms with E-state index < -0.39 is 0 Å². The lowest BCUT2D eigenvalue weighted by molar-refractivity contribution is -0.121. The molecule has 0 aromatic rings. The van der Waals surface area contributed by atoms with E-state index in [1.165, 1.54) is 32.1 Å². The zero-order valence-corrected chi connectivity index (χ0v) is 6.31. The molecule has 1 nitrogen and oxygen atoms in total. The van der Waals surface area contributed by atoms with E-state index in [2.05, 4.69) is 0 Å². The summed E-state index contributed by atoms with van der Waals surface area (Å²) in [5.74, 6) is 1.85. The number of carbonyl (C=O) groups is 1. The van der Waals surface area contributed by atoms with Crippen LogP contribution in [0.2, 0.25) is 0 Å². The van der Waals surface area contributed by atoms with Gasteiger partial charge in [-0.25, -0.2) is 0 Å². The second-order valence-corrected chi connectivity index (χ2v) is 3.66. The van der Waals surface area contributed by atoms with Crippen molar-refractivity contribution in [3.8, 4) is 0 Å². The predicted molar refractivity (Wildman–Crippen MR) is 39.7 cm³/mol.